The van der Waals surface area contributed by atoms with Gasteiger partial charge in [-0.05, 0) is 41.8 Å². The van der Waals surface area contributed by atoms with Gasteiger partial charge in [0.05, 0.1) is 5.56 Å². The molecule has 0 aliphatic carbocycles. The van der Waals surface area contributed by atoms with E-state index in [1.807, 2.05) is 13.8 Å². The lowest BCUT2D eigenvalue weighted by Crippen LogP contribution is -2.03. The number of carbonyl (C=O) groups is 1. The van der Waals surface area contributed by atoms with Gasteiger partial charge in [-0.15, -0.1) is 0 Å². The average molecular weight is 291 g/mol. The summed E-state index contributed by atoms with van der Waals surface area (Å²) in [6.45, 7) is 3.81. The first kappa shape index (κ1) is 14.4. The van der Waals surface area contributed by atoms with Crippen LogP contribution in [-0.2, 0) is 0 Å². The van der Waals surface area contributed by atoms with Crippen LogP contribution < -0.4 is 0 Å². The Labute approximate surface area is 122 Å². The molecule has 0 atom stereocenters. The Kier molecular flexibility index (Phi) is 4.00. The number of phenols is 2. The third kappa shape index (κ3) is 2.78. The molecule has 104 valence electrons. The van der Waals surface area contributed by atoms with E-state index >= 15 is 0 Å². The second-order valence-corrected chi connectivity index (χ2v) is 5.36. The van der Waals surface area contributed by atoms with Crippen LogP contribution in [0.2, 0.25) is 5.02 Å². The minimum atomic E-state index is -0.305. The van der Waals surface area contributed by atoms with Crippen LogP contribution in [0, 0.1) is 0 Å². The van der Waals surface area contributed by atoms with Gasteiger partial charge in [0.25, 0.3) is 0 Å². The molecule has 2 rings (SSSR count). The summed E-state index contributed by atoms with van der Waals surface area (Å²) in [6, 6.07) is 9.19. The van der Waals surface area contributed by atoms with Gasteiger partial charge in [0.15, 0.2) is 5.78 Å². The number of benzene rings is 2. The summed E-state index contributed by atoms with van der Waals surface area (Å²) in [7, 11) is 0. The van der Waals surface area contributed by atoms with Gasteiger partial charge in [-0.2, -0.15) is 0 Å². The minimum absolute atomic E-state index is 0.00911. The van der Waals surface area contributed by atoms with Crippen LogP contribution in [0.15, 0.2) is 36.4 Å². The third-order valence-corrected chi connectivity index (χ3v) is 3.37. The average Bonchev–Trinajstić information content (AvgIpc) is 2.38. The smallest absolute Gasteiger partial charge is 0.196 e. The third-order valence-electron chi connectivity index (χ3n) is 3.12. The molecule has 0 heterocycles. The Balaban J connectivity index is 2.49. The lowest BCUT2D eigenvalue weighted by molar-refractivity contribution is 0.103. The number of hydrogen-bond acceptors (Lipinski definition) is 3. The first-order valence-electron chi connectivity index (χ1n) is 6.26. The molecule has 3 nitrogen and oxygen atoms in total. The largest absolute Gasteiger partial charge is 0.508 e. The number of hydrogen-bond donors (Lipinski definition) is 2. The van der Waals surface area contributed by atoms with Crippen LogP contribution >= 0.6 is 11.6 Å². The molecule has 0 aromatic heterocycles. The fourth-order valence-electron chi connectivity index (χ4n) is 2.00. The van der Waals surface area contributed by atoms with E-state index in [1.165, 1.54) is 12.1 Å². The summed E-state index contributed by atoms with van der Waals surface area (Å²) in [5.74, 6) is -0.495. The van der Waals surface area contributed by atoms with Gasteiger partial charge in [0.2, 0.25) is 0 Å². The summed E-state index contributed by atoms with van der Waals surface area (Å²) < 4.78 is 0. The summed E-state index contributed by atoms with van der Waals surface area (Å²) in [4.78, 5) is 12.4. The molecule has 0 unspecified atom stereocenters. The van der Waals surface area contributed by atoms with Crippen molar-refractivity contribution in [1.29, 1.82) is 0 Å². The number of carbonyl (C=O) groups excluding carboxylic acids is 1. The molecule has 2 aromatic carbocycles. The van der Waals surface area contributed by atoms with Crippen LogP contribution in [0.25, 0.3) is 0 Å². The van der Waals surface area contributed by atoms with E-state index in [1.54, 1.807) is 24.3 Å². The summed E-state index contributed by atoms with van der Waals surface area (Å²) >= 11 is 5.79. The summed E-state index contributed by atoms with van der Waals surface area (Å²) in [5.41, 5.74) is 1.24. The molecular formula is C16H15ClO3. The monoisotopic (exact) mass is 290 g/mol. The van der Waals surface area contributed by atoms with Crippen LogP contribution in [0.5, 0.6) is 11.5 Å². The van der Waals surface area contributed by atoms with E-state index in [9.17, 15) is 15.0 Å². The highest BCUT2D eigenvalue weighted by atomic mass is 35.5. The maximum absolute atomic E-state index is 12.4. The topological polar surface area (TPSA) is 57.5 Å². The number of halogens is 1. The number of rotatable bonds is 3. The molecule has 2 aromatic rings. The quantitative estimate of drug-likeness (QED) is 0.837. The van der Waals surface area contributed by atoms with E-state index in [-0.39, 0.29) is 28.8 Å². The molecule has 0 fully saturated rings. The van der Waals surface area contributed by atoms with Crippen molar-refractivity contribution in [3.05, 3.63) is 58.1 Å². The van der Waals surface area contributed by atoms with Crippen molar-refractivity contribution in [2.75, 3.05) is 0 Å². The number of phenolic OH excluding ortho intramolecular Hbond substituents is 2. The lowest BCUT2D eigenvalue weighted by Gasteiger charge is -2.12. The van der Waals surface area contributed by atoms with Crippen molar-refractivity contribution in [3.63, 3.8) is 0 Å². The van der Waals surface area contributed by atoms with Gasteiger partial charge in [0.1, 0.15) is 11.5 Å². The molecule has 2 N–H and O–H groups in total. The zero-order valence-corrected chi connectivity index (χ0v) is 12.0. The van der Waals surface area contributed by atoms with Crippen molar-refractivity contribution >= 4 is 17.4 Å². The van der Waals surface area contributed by atoms with Gasteiger partial charge in [-0.3, -0.25) is 4.79 Å². The molecule has 0 saturated carbocycles. The zero-order valence-electron chi connectivity index (χ0n) is 11.2. The van der Waals surface area contributed by atoms with Crippen LogP contribution in [0.4, 0.5) is 0 Å². The molecular weight excluding hydrogens is 276 g/mol. The molecule has 0 aliphatic heterocycles. The minimum Gasteiger partial charge on any atom is -0.508 e. The van der Waals surface area contributed by atoms with E-state index in [4.69, 9.17) is 11.6 Å². The zero-order chi connectivity index (χ0) is 14.9. The van der Waals surface area contributed by atoms with Gasteiger partial charge in [-0.1, -0.05) is 25.4 Å². The molecule has 0 bridgehead atoms. The number of aromatic hydroxyl groups is 2. The molecule has 20 heavy (non-hydrogen) atoms. The van der Waals surface area contributed by atoms with Gasteiger partial charge >= 0.3 is 0 Å². The second kappa shape index (κ2) is 5.55. The van der Waals surface area contributed by atoms with Crippen molar-refractivity contribution in [1.82, 2.24) is 0 Å². The standard InChI is InChI=1S/C16H15ClO3/c1-9(2)12-7-13(15(19)8-14(12)18)16(20)10-3-5-11(17)6-4-10/h3-9,18-19H,1-2H3. The Hall–Kier alpha value is -2.00. The lowest BCUT2D eigenvalue weighted by atomic mass is 9.95. The molecule has 0 spiro atoms. The van der Waals surface area contributed by atoms with Crippen LogP contribution in [0.3, 0.4) is 0 Å². The predicted octanol–water partition coefficient (Wildman–Crippen LogP) is 4.11. The second-order valence-electron chi connectivity index (χ2n) is 4.92. The first-order chi connectivity index (χ1) is 9.40. The highest BCUT2D eigenvalue weighted by molar-refractivity contribution is 6.30. The Bertz CT molecular complexity index is 646. The van der Waals surface area contributed by atoms with E-state index in [0.717, 1.165) is 0 Å². The first-order valence-corrected chi connectivity index (χ1v) is 6.64. The predicted molar refractivity (Wildman–Crippen MR) is 78.7 cm³/mol. The van der Waals surface area contributed by atoms with Gasteiger partial charge in [0, 0.05) is 16.7 Å². The molecule has 0 saturated heterocycles. The fraction of sp³-hybridized carbons (Fsp3) is 0.188. The number of ketones is 1. The van der Waals surface area contributed by atoms with Crippen molar-refractivity contribution in [2.45, 2.75) is 19.8 Å². The van der Waals surface area contributed by atoms with Crippen LogP contribution in [0.1, 0.15) is 41.3 Å². The van der Waals surface area contributed by atoms with Crippen molar-refractivity contribution < 1.29 is 15.0 Å². The van der Waals surface area contributed by atoms with E-state index in [0.29, 0.717) is 16.1 Å². The highest BCUT2D eigenvalue weighted by Crippen LogP contribution is 2.33. The Morgan fingerprint density at radius 2 is 1.65 bits per heavy atom. The maximum atomic E-state index is 12.4. The van der Waals surface area contributed by atoms with Gasteiger partial charge < -0.3 is 10.2 Å². The Morgan fingerprint density at radius 1 is 1.05 bits per heavy atom. The molecule has 4 heteroatoms. The molecule has 0 amide bonds. The van der Waals surface area contributed by atoms with Gasteiger partial charge in [-0.25, -0.2) is 0 Å². The molecule has 0 aliphatic rings. The summed E-state index contributed by atoms with van der Waals surface area (Å²) in [6.07, 6.45) is 0. The summed E-state index contributed by atoms with van der Waals surface area (Å²) in [5, 5.41) is 20.2. The van der Waals surface area contributed by atoms with E-state index < -0.39 is 0 Å². The SMILES string of the molecule is CC(C)c1cc(C(=O)c2ccc(Cl)cc2)c(O)cc1O. The maximum Gasteiger partial charge on any atom is 0.196 e. The van der Waals surface area contributed by atoms with Crippen molar-refractivity contribution in [2.24, 2.45) is 0 Å². The Morgan fingerprint density at radius 3 is 2.20 bits per heavy atom. The van der Waals surface area contributed by atoms with E-state index in [2.05, 4.69) is 0 Å². The van der Waals surface area contributed by atoms with Crippen LogP contribution in [-0.4, -0.2) is 16.0 Å². The fourth-order valence-corrected chi connectivity index (χ4v) is 2.12. The normalized spacial score (nSPS) is 10.8. The highest BCUT2D eigenvalue weighted by Gasteiger charge is 2.18. The molecule has 0 radical (unpaired) electrons. The van der Waals surface area contributed by atoms with Crippen molar-refractivity contribution in [3.8, 4) is 11.5 Å².